The third kappa shape index (κ3) is 5.89. The minimum absolute atomic E-state index is 0.0684. The fourth-order valence-electron chi connectivity index (χ4n) is 3.65. The molecule has 184 valence electrons. The zero-order chi connectivity index (χ0) is 25.8. The first kappa shape index (κ1) is 24.7. The van der Waals surface area contributed by atoms with Gasteiger partial charge in [-0.2, -0.15) is 0 Å². The fourth-order valence-corrected chi connectivity index (χ4v) is 5.54. The SMILES string of the molecule is O=C(Nc1nc(-c2ccc(-c3ccccc3)cc2)cs1)c1cccc(NS(=O)(=O)c2ccc(Cl)cc2)c1. The molecule has 5 aromatic rings. The zero-order valence-electron chi connectivity index (χ0n) is 19.3. The van der Waals surface area contributed by atoms with Gasteiger partial charge >= 0.3 is 0 Å². The van der Waals surface area contributed by atoms with Gasteiger partial charge in [0.05, 0.1) is 10.6 Å². The Bertz CT molecular complexity index is 1650. The topological polar surface area (TPSA) is 88.2 Å². The summed E-state index contributed by atoms with van der Waals surface area (Å²) in [6.07, 6.45) is 0. The lowest BCUT2D eigenvalue weighted by Gasteiger charge is -2.09. The summed E-state index contributed by atoms with van der Waals surface area (Å²) in [5, 5.41) is 5.55. The first-order valence-corrected chi connectivity index (χ1v) is 13.9. The van der Waals surface area contributed by atoms with Crippen molar-refractivity contribution in [2.45, 2.75) is 4.90 Å². The number of hydrogen-bond donors (Lipinski definition) is 2. The van der Waals surface area contributed by atoms with Crippen molar-refractivity contribution in [3.63, 3.8) is 0 Å². The normalized spacial score (nSPS) is 11.2. The summed E-state index contributed by atoms with van der Waals surface area (Å²) in [6.45, 7) is 0. The van der Waals surface area contributed by atoms with Crippen molar-refractivity contribution < 1.29 is 13.2 Å². The van der Waals surface area contributed by atoms with Gasteiger partial charge in [0.1, 0.15) is 0 Å². The highest BCUT2D eigenvalue weighted by atomic mass is 35.5. The molecule has 0 unspecified atom stereocenters. The number of rotatable bonds is 7. The van der Waals surface area contributed by atoms with Crippen molar-refractivity contribution in [2.24, 2.45) is 0 Å². The molecular weight excluding hydrogens is 526 g/mol. The molecule has 0 atom stereocenters. The van der Waals surface area contributed by atoms with E-state index in [4.69, 9.17) is 11.6 Å². The maximum Gasteiger partial charge on any atom is 0.261 e. The van der Waals surface area contributed by atoms with Crippen LogP contribution in [0.5, 0.6) is 0 Å². The molecular formula is C28H20ClN3O3S2. The van der Waals surface area contributed by atoms with Crippen LogP contribution >= 0.6 is 22.9 Å². The van der Waals surface area contributed by atoms with Gasteiger partial charge < -0.3 is 0 Å². The molecule has 9 heteroatoms. The third-order valence-electron chi connectivity index (χ3n) is 5.51. The van der Waals surface area contributed by atoms with Crippen molar-refractivity contribution in [3.8, 4) is 22.4 Å². The number of thiazole rings is 1. The van der Waals surface area contributed by atoms with E-state index in [1.807, 2.05) is 47.8 Å². The number of nitrogens with one attached hydrogen (secondary N) is 2. The van der Waals surface area contributed by atoms with E-state index in [0.29, 0.717) is 15.7 Å². The van der Waals surface area contributed by atoms with E-state index in [1.165, 1.54) is 41.7 Å². The molecule has 0 bridgehead atoms. The molecule has 0 spiro atoms. The lowest BCUT2D eigenvalue weighted by molar-refractivity contribution is 0.102. The third-order valence-corrected chi connectivity index (χ3v) is 7.92. The molecule has 37 heavy (non-hydrogen) atoms. The Labute approximate surface area is 223 Å². The summed E-state index contributed by atoms with van der Waals surface area (Å²) in [6, 6.07) is 30.3. The van der Waals surface area contributed by atoms with Gasteiger partial charge in [-0.15, -0.1) is 11.3 Å². The van der Waals surface area contributed by atoms with Gasteiger partial charge in [0.15, 0.2) is 5.13 Å². The Morgan fingerprint density at radius 1 is 0.784 bits per heavy atom. The molecule has 0 aliphatic rings. The predicted octanol–water partition coefficient (Wildman–Crippen LogP) is 7.18. The highest BCUT2D eigenvalue weighted by Gasteiger charge is 2.16. The van der Waals surface area contributed by atoms with Crippen LogP contribution in [0, 0.1) is 0 Å². The van der Waals surface area contributed by atoms with Crippen LogP contribution in [0.2, 0.25) is 5.02 Å². The maximum atomic E-state index is 12.9. The average molecular weight is 546 g/mol. The molecule has 0 radical (unpaired) electrons. The quantitative estimate of drug-likeness (QED) is 0.227. The maximum absolute atomic E-state index is 12.9. The summed E-state index contributed by atoms with van der Waals surface area (Å²) in [7, 11) is -3.83. The number of carbonyl (C=O) groups excluding carboxylic acids is 1. The van der Waals surface area contributed by atoms with E-state index < -0.39 is 15.9 Å². The number of sulfonamides is 1. The Balaban J connectivity index is 1.27. The average Bonchev–Trinajstić information content (AvgIpc) is 3.38. The van der Waals surface area contributed by atoms with Gasteiger partial charge in [0, 0.05) is 27.2 Å². The second kappa shape index (κ2) is 10.6. The van der Waals surface area contributed by atoms with Crippen LogP contribution in [-0.4, -0.2) is 19.3 Å². The minimum atomic E-state index is -3.83. The molecule has 1 aromatic heterocycles. The summed E-state index contributed by atoms with van der Waals surface area (Å²) >= 11 is 7.16. The number of nitrogens with zero attached hydrogens (tertiary/aromatic N) is 1. The molecule has 0 aliphatic heterocycles. The van der Waals surface area contributed by atoms with E-state index >= 15 is 0 Å². The fraction of sp³-hybridized carbons (Fsp3) is 0. The highest BCUT2D eigenvalue weighted by molar-refractivity contribution is 7.92. The Morgan fingerprint density at radius 3 is 2.19 bits per heavy atom. The number of benzene rings is 4. The number of anilines is 2. The summed E-state index contributed by atoms with van der Waals surface area (Å²) in [5.74, 6) is -0.395. The van der Waals surface area contributed by atoms with Gasteiger partial charge in [0.2, 0.25) is 0 Å². The van der Waals surface area contributed by atoms with Gasteiger partial charge in [-0.1, -0.05) is 72.3 Å². The summed E-state index contributed by atoms with van der Waals surface area (Å²) in [5.41, 5.74) is 4.50. The lowest BCUT2D eigenvalue weighted by atomic mass is 10.0. The van der Waals surface area contributed by atoms with Gasteiger partial charge in [-0.25, -0.2) is 13.4 Å². The predicted molar refractivity (Wildman–Crippen MR) is 150 cm³/mol. The van der Waals surface area contributed by atoms with Crippen molar-refractivity contribution >= 4 is 49.7 Å². The molecule has 1 heterocycles. The van der Waals surface area contributed by atoms with Gasteiger partial charge in [0.25, 0.3) is 15.9 Å². The van der Waals surface area contributed by atoms with Crippen molar-refractivity contribution in [3.05, 3.63) is 119 Å². The number of carbonyl (C=O) groups is 1. The molecule has 4 aromatic carbocycles. The first-order chi connectivity index (χ1) is 17.9. The molecule has 1 amide bonds. The number of halogens is 1. The molecule has 2 N–H and O–H groups in total. The lowest BCUT2D eigenvalue weighted by Crippen LogP contribution is -2.15. The van der Waals surface area contributed by atoms with Gasteiger partial charge in [-0.05, 0) is 53.6 Å². The number of hydrogen-bond acceptors (Lipinski definition) is 5. The summed E-state index contributed by atoms with van der Waals surface area (Å²) < 4.78 is 27.8. The Morgan fingerprint density at radius 2 is 1.46 bits per heavy atom. The monoisotopic (exact) mass is 545 g/mol. The minimum Gasteiger partial charge on any atom is -0.298 e. The number of aromatic nitrogens is 1. The molecule has 0 aliphatic carbocycles. The van der Waals surface area contributed by atoms with E-state index in [0.717, 1.165) is 22.4 Å². The molecule has 0 saturated heterocycles. The van der Waals surface area contributed by atoms with Crippen LogP contribution in [0.25, 0.3) is 22.4 Å². The van der Waals surface area contributed by atoms with Gasteiger partial charge in [-0.3, -0.25) is 14.8 Å². The standard InChI is InChI=1S/C28H20ClN3O3S2/c29-23-13-15-25(16-14-23)37(34,35)32-24-8-4-7-22(17-24)27(33)31-28-30-26(18-36-28)21-11-9-20(10-12-21)19-5-2-1-3-6-19/h1-18,32H,(H,30,31,33). The molecule has 0 fully saturated rings. The molecule has 5 rings (SSSR count). The Hall–Kier alpha value is -3.98. The smallest absolute Gasteiger partial charge is 0.261 e. The first-order valence-electron chi connectivity index (χ1n) is 11.2. The molecule has 6 nitrogen and oxygen atoms in total. The van der Waals surface area contributed by atoms with E-state index in [1.54, 1.807) is 18.2 Å². The van der Waals surface area contributed by atoms with Crippen molar-refractivity contribution in [1.29, 1.82) is 0 Å². The van der Waals surface area contributed by atoms with Crippen LogP contribution < -0.4 is 10.0 Å². The largest absolute Gasteiger partial charge is 0.298 e. The second-order valence-electron chi connectivity index (χ2n) is 8.08. The molecule has 0 saturated carbocycles. The second-order valence-corrected chi connectivity index (χ2v) is 11.1. The highest BCUT2D eigenvalue weighted by Crippen LogP contribution is 2.28. The van der Waals surface area contributed by atoms with Crippen LogP contribution in [0.4, 0.5) is 10.8 Å². The van der Waals surface area contributed by atoms with E-state index in [-0.39, 0.29) is 10.6 Å². The van der Waals surface area contributed by atoms with Crippen LogP contribution in [0.3, 0.4) is 0 Å². The summed E-state index contributed by atoms with van der Waals surface area (Å²) in [4.78, 5) is 17.5. The van der Waals surface area contributed by atoms with Crippen LogP contribution in [0.1, 0.15) is 10.4 Å². The van der Waals surface area contributed by atoms with Crippen LogP contribution in [0.15, 0.2) is 113 Å². The van der Waals surface area contributed by atoms with Crippen LogP contribution in [-0.2, 0) is 10.0 Å². The van der Waals surface area contributed by atoms with E-state index in [9.17, 15) is 13.2 Å². The van der Waals surface area contributed by atoms with Crippen molar-refractivity contribution in [2.75, 3.05) is 10.0 Å². The van der Waals surface area contributed by atoms with E-state index in [2.05, 4.69) is 27.2 Å². The zero-order valence-corrected chi connectivity index (χ0v) is 21.6. The number of amides is 1. The Kier molecular flexibility index (Phi) is 7.05. The van der Waals surface area contributed by atoms with Crippen molar-refractivity contribution in [1.82, 2.24) is 4.98 Å².